The second-order valence-corrected chi connectivity index (χ2v) is 8.06. The second kappa shape index (κ2) is 6.98. The van der Waals surface area contributed by atoms with Crippen molar-refractivity contribution in [2.75, 3.05) is 6.54 Å². The van der Waals surface area contributed by atoms with Gasteiger partial charge in [-0.15, -0.1) is 0 Å². The molecule has 25 heavy (non-hydrogen) atoms. The highest BCUT2D eigenvalue weighted by molar-refractivity contribution is 5.77. The fourth-order valence-electron chi connectivity index (χ4n) is 3.34. The molecule has 0 aliphatic carbocycles. The van der Waals surface area contributed by atoms with Crippen LogP contribution in [-0.4, -0.2) is 27.3 Å². The second-order valence-electron chi connectivity index (χ2n) is 8.06. The van der Waals surface area contributed by atoms with Gasteiger partial charge in [0.2, 0.25) is 5.91 Å². The Morgan fingerprint density at radius 3 is 2.80 bits per heavy atom. The van der Waals surface area contributed by atoms with Gasteiger partial charge in [0.05, 0.1) is 12.2 Å². The smallest absolute Gasteiger partial charge is 0.223 e. The molecule has 0 unspecified atom stereocenters. The average Bonchev–Trinajstić information content (AvgIpc) is 3.20. The van der Waals surface area contributed by atoms with Crippen LogP contribution in [0.4, 0.5) is 0 Å². The van der Waals surface area contributed by atoms with Crippen LogP contribution in [0.3, 0.4) is 0 Å². The number of oxazole rings is 1. The summed E-state index contributed by atoms with van der Waals surface area (Å²) in [7, 11) is 0. The maximum atomic E-state index is 12.8. The lowest BCUT2D eigenvalue weighted by molar-refractivity contribution is -0.132. The Hall–Kier alpha value is -2.17. The van der Waals surface area contributed by atoms with Gasteiger partial charge in [-0.3, -0.25) is 9.78 Å². The molecular formula is C20H27N3O2. The molecule has 1 saturated heterocycles. The third-order valence-corrected chi connectivity index (χ3v) is 4.75. The van der Waals surface area contributed by atoms with E-state index in [-0.39, 0.29) is 17.4 Å². The van der Waals surface area contributed by atoms with Crippen LogP contribution < -0.4 is 0 Å². The lowest BCUT2D eigenvalue weighted by atomic mass is 9.94. The van der Waals surface area contributed by atoms with Gasteiger partial charge in [-0.2, -0.15) is 0 Å². The van der Waals surface area contributed by atoms with Crippen LogP contribution in [0.15, 0.2) is 35.1 Å². The summed E-state index contributed by atoms with van der Waals surface area (Å²) < 4.78 is 5.80. The molecule has 5 nitrogen and oxygen atoms in total. The van der Waals surface area contributed by atoms with Gasteiger partial charge in [-0.05, 0) is 24.0 Å². The van der Waals surface area contributed by atoms with E-state index in [1.54, 1.807) is 12.4 Å². The van der Waals surface area contributed by atoms with E-state index in [4.69, 9.17) is 4.42 Å². The predicted molar refractivity (Wildman–Crippen MR) is 96.0 cm³/mol. The summed E-state index contributed by atoms with van der Waals surface area (Å²) in [6.07, 6.45) is 7.37. The molecule has 3 rings (SSSR count). The van der Waals surface area contributed by atoms with Crippen LogP contribution in [0.1, 0.15) is 63.8 Å². The van der Waals surface area contributed by atoms with Gasteiger partial charge in [0, 0.05) is 37.2 Å². The van der Waals surface area contributed by atoms with Crippen molar-refractivity contribution in [1.29, 1.82) is 0 Å². The van der Waals surface area contributed by atoms with E-state index in [1.807, 2.05) is 17.2 Å². The summed E-state index contributed by atoms with van der Waals surface area (Å²) in [6.45, 7) is 9.27. The lowest BCUT2D eigenvalue weighted by Gasteiger charge is -2.24. The van der Waals surface area contributed by atoms with Crippen molar-refractivity contribution in [3.05, 3.63) is 47.9 Å². The Bertz CT molecular complexity index is 718. The van der Waals surface area contributed by atoms with Crippen LogP contribution in [0.2, 0.25) is 0 Å². The van der Waals surface area contributed by atoms with Crippen LogP contribution >= 0.6 is 0 Å². The molecule has 3 heterocycles. The van der Waals surface area contributed by atoms with E-state index in [1.165, 1.54) is 0 Å². The van der Waals surface area contributed by atoms with E-state index in [0.29, 0.717) is 24.7 Å². The van der Waals surface area contributed by atoms with Crippen molar-refractivity contribution in [3.8, 4) is 0 Å². The van der Waals surface area contributed by atoms with E-state index >= 15 is 0 Å². The topological polar surface area (TPSA) is 59.2 Å². The van der Waals surface area contributed by atoms with Gasteiger partial charge in [-0.25, -0.2) is 4.98 Å². The summed E-state index contributed by atoms with van der Waals surface area (Å²) in [6, 6.07) is 4.12. The number of aryl methyl sites for hydroxylation is 1. The molecule has 2 aromatic rings. The quantitative estimate of drug-likeness (QED) is 0.846. The Labute approximate surface area is 149 Å². The highest BCUT2D eigenvalue weighted by Gasteiger charge is 2.34. The normalized spacial score (nSPS) is 20.9. The minimum Gasteiger partial charge on any atom is -0.445 e. The van der Waals surface area contributed by atoms with Crippen LogP contribution in [0.25, 0.3) is 0 Å². The van der Waals surface area contributed by atoms with Crippen LogP contribution in [0.5, 0.6) is 0 Å². The van der Waals surface area contributed by atoms with E-state index < -0.39 is 0 Å². The summed E-state index contributed by atoms with van der Waals surface area (Å²) in [5, 5.41) is 0. The average molecular weight is 341 g/mol. The van der Waals surface area contributed by atoms with Crippen molar-refractivity contribution in [2.24, 2.45) is 5.92 Å². The molecule has 0 aromatic carbocycles. The van der Waals surface area contributed by atoms with Gasteiger partial charge >= 0.3 is 0 Å². The Morgan fingerprint density at radius 2 is 2.16 bits per heavy atom. The molecule has 0 N–H and O–H groups in total. The fraction of sp³-hybridized carbons (Fsp3) is 0.550. The van der Waals surface area contributed by atoms with Crippen molar-refractivity contribution >= 4 is 5.91 Å². The van der Waals surface area contributed by atoms with E-state index in [9.17, 15) is 4.79 Å². The summed E-state index contributed by atoms with van der Waals surface area (Å²) >= 11 is 0. The van der Waals surface area contributed by atoms with E-state index in [2.05, 4.69) is 43.7 Å². The molecule has 0 radical (unpaired) electrons. The third-order valence-electron chi connectivity index (χ3n) is 4.75. The minimum atomic E-state index is -0.0644. The van der Waals surface area contributed by atoms with Crippen LogP contribution in [-0.2, 0) is 16.6 Å². The number of pyridine rings is 1. The van der Waals surface area contributed by atoms with Gasteiger partial charge < -0.3 is 9.32 Å². The number of carbonyl (C=O) groups excluding carboxylic acids is 1. The van der Waals surface area contributed by atoms with Gasteiger partial charge in [-0.1, -0.05) is 33.8 Å². The number of likely N-dealkylation sites (tertiary alicyclic amines) is 1. The van der Waals surface area contributed by atoms with Crippen LogP contribution in [0, 0.1) is 5.92 Å². The Balaban J connectivity index is 1.65. The number of hydrogen-bond acceptors (Lipinski definition) is 4. The molecule has 2 aromatic heterocycles. The van der Waals surface area contributed by atoms with Crippen molar-refractivity contribution < 1.29 is 9.21 Å². The summed E-state index contributed by atoms with van der Waals surface area (Å²) in [5.41, 5.74) is 1.05. The zero-order chi connectivity index (χ0) is 18.0. The number of aromatic nitrogens is 2. The highest BCUT2D eigenvalue weighted by atomic mass is 16.4. The minimum absolute atomic E-state index is 0.0644. The van der Waals surface area contributed by atoms with Gasteiger partial charge in [0.15, 0.2) is 5.89 Å². The molecule has 0 saturated carbocycles. The number of hydrogen-bond donors (Lipinski definition) is 0. The predicted octanol–water partition coefficient (Wildman–Crippen LogP) is 3.91. The molecule has 0 spiro atoms. The molecule has 134 valence electrons. The summed E-state index contributed by atoms with van der Waals surface area (Å²) in [5.74, 6) is 2.17. The summed E-state index contributed by atoms with van der Waals surface area (Å²) in [4.78, 5) is 23.3. The first-order valence-electron chi connectivity index (χ1n) is 8.99. The molecule has 2 atom stereocenters. The lowest BCUT2D eigenvalue weighted by Crippen LogP contribution is -2.31. The highest BCUT2D eigenvalue weighted by Crippen LogP contribution is 2.35. The molecule has 1 aliphatic rings. The maximum absolute atomic E-state index is 12.8. The zero-order valence-electron chi connectivity index (χ0n) is 15.5. The molecule has 1 fully saturated rings. The van der Waals surface area contributed by atoms with Crippen molar-refractivity contribution in [3.63, 3.8) is 0 Å². The number of nitrogens with zero attached hydrogens (tertiary/aromatic N) is 3. The fourth-order valence-corrected chi connectivity index (χ4v) is 3.34. The molecule has 5 heteroatoms. The largest absolute Gasteiger partial charge is 0.445 e. The molecule has 1 amide bonds. The molecule has 0 bridgehead atoms. The van der Waals surface area contributed by atoms with Crippen molar-refractivity contribution in [1.82, 2.24) is 14.9 Å². The first kappa shape index (κ1) is 17.6. The maximum Gasteiger partial charge on any atom is 0.223 e. The first-order chi connectivity index (χ1) is 11.8. The number of rotatable bonds is 4. The third kappa shape index (κ3) is 4.09. The molecule has 1 aliphatic heterocycles. The van der Waals surface area contributed by atoms with Crippen molar-refractivity contribution in [2.45, 2.75) is 58.4 Å². The monoisotopic (exact) mass is 341 g/mol. The van der Waals surface area contributed by atoms with Gasteiger partial charge in [0.25, 0.3) is 0 Å². The Kier molecular flexibility index (Phi) is 4.93. The standard InChI is InChI=1S/C20H27N3O2/c1-14-10-16(15-6-5-9-21-11-15)23(13-14)19(24)8-7-18-22-12-17(25-18)20(2,3)4/h5-6,9,11-12,14,16H,7-8,10,13H2,1-4H3/t14-,16-/m0/s1. The molecular weight excluding hydrogens is 314 g/mol. The van der Waals surface area contributed by atoms with E-state index in [0.717, 1.165) is 24.3 Å². The number of amides is 1. The SMILES string of the molecule is C[C@H]1C[C@@H](c2cccnc2)N(C(=O)CCc2ncc(C(C)(C)C)o2)C1. The van der Waals surface area contributed by atoms with Gasteiger partial charge in [0.1, 0.15) is 5.76 Å². The Morgan fingerprint density at radius 1 is 1.36 bits per heavy atom. The zero-order valence-corrected chi connectivity index (χ0v) is 15.5. The first-order valence-corrected chi connectivity index (χ1v) is 8.99. The number of carbonyl (C=O) groups is 1.